The van der Waals surface area contributed by atoms with Gasteiger partial charge < -0.3 is 0 Å². The Morgan fingerprint density at radius 2 is 1.92 bits per heavy atom. The molecule has 24 heavy (non-hydrogen) atoms. The second-order valence-corrected chi connectivity index (χ2v) is 6.48. The number of hydrogen-bond acceptors (Lipinski definition) is 5. The second-order valence-electron chi connectivity index (χ2n) is 5.53. The van der Waals surface area contributed by atoms with E-state index in [1.165, 1.54) is 23.5 Å². The topological polar surface area (TPSA) is 60.9 Å². The van der Waals surface area contributed by atoms with Gasteiger partial charge in [-0.3, -0.25) is 4.68 Å². The molecule has 4 aromatic rings. The van der Waals surface area contributed by atoms with Gasteiger partial charge in [0.15, 0.2) is 10.8 Å². The van der Waals surface area contributed by atoms with Crippen LogP contribution in [0.5, 0.6) is 0 Å². The molecule has 0 aliphatic heterocycles. The van der Waals surface area contributed by atoms with Gasteiger partial charge in [-0.1, -0.05) is 18.3 Å². The molecule has 0 atom stereocenters. The molecule has 122 valence electrons. The van der Waals surface area contributed by atoms with Gasteiger partial charge in [-0.15, -0.1) is 10.2 Å². The normalized spacial score (nSPS) is 11.5. The highest BCUT2D eigenvalue weighted by atomic mass is 32.1. The maximum atomic E-state index is 13.1. The minimum Gasteiger partial charge on any atom is -0.262 e. The van der Waals surface area contributed by atoms with Crippen LogP contribution in [0.25, 0.3) is 27.1 Å². The molecule has 3 heterocycles. The molecule has 0 bridgehead atoms. The van der Waals surface area contributed by atoms with E-state index in [-0.39, 0.29) is 5.82 Å². The average molecular weight is 342 g/mol. The van der Waals surface area contributed by atoms with Crippen molar-refractivity contribution in [3.8, 4) is 22.1 Å². The third kappa shape index (κ3) is 2.48. The fraction of sp³-hybridized carbons (Fsp3) is 0.250. The number of nitrogens with zero attached hydrogens (tertiary/aromatic N) is 6. The first-order valence-corrected chi connectivity index (χ1v) is 8.50. The molecule has 0 fully saturated rings. The lowest BCUT2D eigenvalue weighted by Gasteiger charge is -2.02. The first kappa shape index (κ1) is 14.9. The number of fused-ring (bicyclic) bond motifs is 1. The highest BCUT2D eigenvalue weighted by Gasteiger charge is 2.17. The van der Waals surface area contributed by atoms with Crippen molar-refractivity contribution in [2.24, 2.45) is 0 Å². The molecule has 0 unspecified atom stereocenters. The lowest BCUT2D eigenvalue weighted by molar-refractivity contribution is 0.603. The Hall–Kier alpha value is -2.61. The Kier molecular flexibility index (Phi) is 3.61. The van der Waals surface area contributed by atoms with E-state index in [9.17, 15) is 4.39 Å². The van der Waals surface area contributed by atoms with Crippen LogP contribution in [0, 0.1) is 12.7 Å². The van der Waals surface area contributed by atoms with E-state index < -0.39 is 0 Å². The van der Waals surface area contributed by atoms with Crippen molar-refractivity contribution >= 4 is 16.3 Å². The number of aryl methyl sites for hydroxylation is 2. The molecular formula is C16H15FN6S. The lowest BCUT2D eigenvalue weighted by Crippen LogP contribution is -2.01. The number of rotatable bonds is 4. The van der Waals surface area contributed by atoms with Gasteiger partial charge in [0.1, 0.15) is 5.82 Å². The van der Waals surface area contributed by atoms with Crippen LogP contribution in [-0.2, 0) is 6.54 Å². The third-order valence-electron chi connectivity index (χ3n) is 3.65. The quantitative estimate of drug-likeness (QED) is 0.569. The summed E-state index contributed by atoms with van der Waals surface area (Å²) in [6, 6.07) is 8.19. The summed E-state index contributed by atoms with van der Waals surface area (Å²) in [7, 11) is 0. The van der Waals surface area contributed by atoms with Gasteiger partial charge in [-0.05, 0) is 43.7 Å². The Morgan fingerprint density at radius 1 is 1.12 bits per heavy atom. The summed E-state index contributed by atoms with van der Waals surface area (Å²) in [5.74, 6) is 0.322. The molecule has 8 heteroatoms. The molecule has 0 saturated heterocycles. The van der Waals surface area contributed by atoms with E-state index in [1.54, 1.807) is 16.6 Å². The Balaban J connectivity index is 1.81. The van der Waals surface area contributed by atoms with Crippen molar-refractivity contribution in [3.63, 3.8) is 0 Å². The number of aromatic nitrogens is 6. The number of halogens is 1. The summed E-state index contributed by atoms with van der Waals surface area (Å²) in [6.45, 7) is 4.93. The molecule has 0 N–H and O–H groups in total. The van der Waals surface area contributed by atoms with E-state index in [2.05, 4.69) is 27.3 Å². The maximum Gasteiger partial charge on any atom is 0.235 e. The van der Waals surface area contributed by atoms with Crippen molar-refractivity contribution in [2.75, 3.05) is 0 Å². The minimum absolute atomic E-state index is 0.280. The highest BCUT2D eigenvalue weighted by molar-refractivity contribution is 7.19. The van der Waals surface area contributed by atoms with Crippen LogP contribution in [0.1, 0.15) is 19.0 Å². The molecule has 0 aliphatic rings. The second kappa shape index (κ2) is 5.79. The standard InChI is InChI=1S/C16H15FN6S/c1-3-8-22-13(9-10(2)20-22)15-21-23-14(18-19-16(23)24-15)11-4-6-12(17)7-5-11/h4-7,9H,3,8H2,1-2H3. The first-order valence-electron chi connectivity index (χ1n) is 7.68. The molecule has 1 aromatic carbocycles. The van der Waals surface area contributed by atoms with Crippen LogP contribution in [-0.4, -0.2) is 29.6 Å². The van der Waals surface area contributed by atoms with Gasteiger partial charge in [0.05, 0.1) is 11.4 Å². The fourth-order valence-electron chi connectivity index (χ4n) is 2.60. The molecule has 0 radical (unpaired) electrons. The van der Waals surface area contributed by atoms with Crippen LogP contribution in [0.15, 0.2) is 30.3 Å². The zero-order chi connectivity index (χ0) is 16.7. The van der Waals surface area contributed by atoms with Crippen molar-refractivity contribution in [3.05, 3.63) is 41.8 Å². The molecule has 0 spiro atoms. The average Bonchev–Trinajstić information content (AvgIpc) is 3.22. The molecule has 0 amide bonds. The van der Waals surface area contributed by atoms with Gasteiger partial charge in [-0.2, -0.15) is 14.7 Å². The van der Waals surface area contributed by atoms with E-state index >= 15 is 0 Å². The molecule has 4 rings (SSSR count). The van der Waals surface area contributed by atoms with E-state index in [1.807, 2.05) is 17.7 Å². The molecule has 6 nitrogen and oxygen atoms in total. The van der Waals surface area contributed by atoms with Gasteiger partial charge in [0.25, 0.3) is 0 Å². The summed E-state index contributed by atoms with van der Waals surface area (Å²) in [6.07, 6.45) is 0.999. The summed E-state index contributed by atoms with van der Waals surface area (Å²) >= 11 is 1.47. The number of benzene rings is 1. The van der Waals surface area contributed by atoms with Gasteiger partial charge >= 0.3 is 0 Å². The summed E-state index contributed by atoms with van der Waals surface area (Å²) in [4.78, 5) is 0.700. The third-order valence-corrected chi connectivity index (χ3v) is 4.57. The fourth-order valence-corrected chi connectivity index (χ4v) is 3.46. The van der Waals surface area contributed by atoms with Crippen LogP contribution >= 0.6 is 11.3 Å². The molecule has 0 aliphatic carbocycles. The Bertz CT molecular complexity index is 998. The molecule has 3 aromatic heterocycles. The Labute approximate surface area is 141 Å². The van der Waals surface area contributed by atoms with Gasteiger partial charge in [0, 0.05) is 12.1 Å². The van der Waals surface area contributed by atoms with E-state index in [0.29, 0.717) is 10.8 Å². The largest absolute Gasteiger partial charge is 0.262 e. The molecular weight excluding hydrogens is 327 g/mol. The minimum atomic E-state index is -0.280. The lowest BCUT2D eigenvalue weighted by atomic mass is 10.2. The Morgan fingerprint density at radius 3 is 2.67 bits per heavy atom. The van der Waals surface area contributed by atoms with Crippen molar-refractivity contribution in [1.82, 2.24) is 29.6 Å². The van der Waals surface area contributed by atoms with E-state index in [0.717, 1.165) is 34.9 Å². The molecule has 0 saturated carbocycles. The summed E-state index contributed by atoms with van der Waals surface area (Å²) in [5.41, 5.74) is 2.72. The predicted octanol–water partition coefficient (Wildman–Crippen LogP) is 3.57. The maximum absolute atomic E-state index is 13.1. The van der Waals surface area contributed by atoms with Crippen molar-refractivity contribution in [2.45, 2.75) is 26.8 Å². The van der Waals surface area contributed by atoms with Crippen LogP contribution in [0.2, 0.25) is 0 Å². The zero-order valence-electron chi connectivity index (χ0n) is 13.3. The van der Waals surface area contributed by atoms with E-state index in [4.69, 9.17) is 0 Å². The van der Waals surface area contributed by atoms with Gasteiger partial charge in [0.2, 0.25) is 4.96 Å². The SMILES string of the molecule is CCCn1nc(C)cc1-c1nn2c(-c3ccc(F)cc3)nnc2s1. The van der Waals surface area contributed by atoms with Crippen LogP contribution < -0.4 is 0 Å². The summed E-state index contributed by atoms with van der Waals surface area (Å²) in [5, 5.41) is 18.4. The van der Waals surface area contributed by atoms with Gasteiger partial charge in [-0.25, -0.2) is 4.39 Å². The predicted molar refractivity (Wildman–Crippen MR) is 90.3 cm³/mol. The first-order chi connectivity index (χ1) is 11.7. The van der Waals surface area contributed by atoms with Crippen LogP contribution in [0.3, 0.4) is 0 Å². The summed E-state index contributed by atoms with van der Waals surface area (Å²) < 4.78 is 16.8. The van der Waals surface area contributed by atoms with Crippen LogP contribution in [0.4, 0.5) is 4.39 Å². The zero-order valence-corrected chi connectivity index (χ0v) is 14.1. The number of hydrogen-bond donors (Lipinski definition) is 0. The van der Waals surface area contributed by atoms with Crippen molar-refractivity contribution < 1.29 is 4.39 Å². The highest BCUT2D eigenvalue weighted by Crippen LogP contribution is 2.28. The monoisotopic (exact) mass is 342 g/mol. The smallest absolute Gasteiger partial charge is 0.235 e. The van der Waals surface area contributed by atoms with Crippen molar-refractivity contribution in [1.29, 1.82) is 0 Å².